The van der Waals surface area contributed by atoms with Gasteiger partial charge >= 0.3 is 0 Å². The molecule has 0 radical (unpaired) electrons. The van der Waals surface area contributed by atoms with E-state index in [1.54, 1.807) is 38.6 Å². The molecule has 0 spiro atoms. The quantitative estimate of drug-likeness (QED) is 0.126. The maximum Gasteiger partial charge on any atom is 0.282 e. The molecule has 0 fully saturated rings. The Morgan fingerprint density at radius 1 is 0.929 bits per heavy atom. The average molecular weight is 671 g/mol. The van der Waals surface area contributed by atoms with Gasteiger partial charge in [0.1, 0.15) is 17.9 Å². The fraction of sp³-hybridized carbons (Fsp3) is 0.121. The van der Waals surface area contributed by atoms with E-state index in [9.17, 15) is 4.79 Å². The summed E-state index contributed by atoms with van der Waals surface area (Å²) in [5, 5.41) is 5.80. The first kappa shape index (κ1) is 27.5. The zero-order chi connectivity index (χ0) is 29.2. The van der Waals surface area contributed by atoms with Crippen LogP contribution in [0.3, 0.4) is 0 Å². The van der Waals surface area contributed by atoms with Gasteiger partial charge in [-0.3, -0.25) is 4.79 Å². The van der Waals surface area contributed by atoms with Crippen LogP contribution in [0.4, 0.5) is 0 Å². The molecule has 210 valence electrons. The molecule has 0 saturated heterocycles. The van der Waals surface area contributed by atoms with Crippen molar-refractivity contribution in [2.45, 2.75) is 13.5 Å². The van der Waals surface area contributed by atoms with E-state index in [0.29, 0.717) is 46.1 Å². The van der Waals surface area contributed by atoms with Crippen molar-refractivity contribution >= 4 is 50.7 Å². The molecule has 4 aromatic carbocycles. The van der Waals surface area contributed by atoms with Crippen LogP contribution >= 0.6 is 22.6 Å². The predicted octanol–water partition coefficient (Wildman–Crippen LogP) is 7.20. The van der Waals surface area contributed by atoms with Crippen molar-refractivity contribution in [3.05, 3.63) is 116 Å². The predicted molar refractivity (Wildman–Crippen MR) is 172 cm³/mol. The minimum Gasteiger partial charge on any atom is -0.496 e. The van der Waals surface area contributed by atoms with Crippen LogP contribution in [0.15, 0.2) is 99.2 Å². The third-order valence-electron chi connectivity index (χ3n) is 6.79. The number of fused-ring (bicyclic) bond motifs is 2. The van der Waals surface area contributed by atoms with E-state index in [2.05, 4.69) is 46.7 Å². The number of methoxy groups -OCH3 is 2. The van der Waals surface area contributed by atoms with Gasteiger partial charge in [0.25, 0.3) is 5.56 Å². The molecule has 0 N–H and O–H groups in total. The molecular formula is C33H26IN3O5. The van der Waals surface area contributed by atoms with Crippen LogP contribution < -0.4 is 19.8 Å². The molecule has 2 aromatic heterocycles. The Balaban J connectivity index is 1.40. The van der Waals surface area contributed by atoms with Crippen molar-refractivity contribution in [1.29, 1.82) is 0 Å². The molecule has 0 saturated carbocycles. The van der Waals surface area contributed by atoms with E-state index in [-0.39, 0.29) is 11.4 Å². The second-order valence-corrected chi connectivity index (χ2v) is 10.8. The number of aryl methyl sites for hydroxylation is 1. The third-order valence-corrected chi connectivity index (χ3v) is 7.59. The SMILES string of the molecule is COc1cc(C=Nn2c(-c3cc4c(OC)cccc4o3)nc3ccccc3c2=O)cc(I)c1OCc1ccc(C)cc1. The van der Waals surface area contributed by atoms with Gasteiger partial charge in [0.2, 0.25) is 5.82 Å². The Bertz CT molecular complexity index is 2010. The summed E-state index contributed by atoms with van der Waals surface area (Å²) in [6, 6.07) is 26.4. The zero-order valence-electron chi connectivity index (χ0n) is 23.1. The lowest BCUT2D eigenvalue weighted by atomic mass is 10.2. The molecule has 6 aromatic rings. The molecule has 6 rings (SSSR count). The smallest absolute Gasteiger partial charge is 0.282 e. The first-order chi connectivity index (χ1) is 20.4. The van der Waals surface area contributed by atoms with Gasteiger partial charge in [-0.05, 0) is 83.1 Å². The van der Waals surface area contributed by atoms with Gasteiger partial charge < -0.3 is 18.6 Å². The molecule has 0 aliphatic heterocycles. The lowest BCUT2D eigenvalue weighted by Gasteiger charge is -2.14. The lowest BCUT2D eigenvalue weighted by molar-refractivity contribution is 0.282. The molecule has 0 atom stereocenters. The lowest BCUT2D eigenvalue weighted by Crippen LogP contribution is -2.20. The summed E-state index contributed by atoms with van der Waals surface area (Å²) < 4.78 is 25.5. The number of benzene rings is 4. The van der Waals surface area contributed by atoms with Crippen LogP contribution in [0.1, 0.15) is 16.7 Å². The highest BCUT2D eigenvalue weighted by atomic mass is 127. The average Bonchev–Trinajstić information content (AvgIpc) is 3.45. The minimum atomic E-state index is -0.320. The van der Waals surface area contributed by atoms with Crippen molar-refractivity contribution in [2.75, 3.05) is 14.2 Å². The maximum atomic E-state index is 13.7. The molecule has 0 bridgehead atoms. The highest BCUT2D eigenvalue weighted by molar-refractivity contribution is 14.1. The highest BCUT2D eigenvalue weighted by Crippen LogP contribution is 2.35. The maximum absolute atomic E-state index is 13.7. The Kier molecular flexibility index (Phi) is 7.66. The second-order valence-electron chi connectivity index (χ2n) is 9.61. The molecule has 42 heavy (non-hydrogen) atoms. The van der Waals surface area contributed by atoms with E-state index < -0.39 is 0 Å². The third kappa shape index (κ3) is 5.35. The molecule has 2 heterocycles. The molecular weight excluding hydrogens is 645 g/mol. The Labute approximate surface area is 255 Å². The van der Waals surface area contributed by atoms with Crippen LogP contribution in [-0.2, 0) is 6.61 Å². The van der Waals surface area contributed by atoms with Gasteiger partial charge in [-0.25, -0.2) is 4.98 Å². The van der Waals surface area contributed by atoms with Gasteiger partial charge in [0.15, 0.2) is 17.3 Å². The van der Waals surface area contributed by atoms with Gasteiger partial charge in [-0.15, -0.1) is 0 Å². The van der Waals surface area contributed by atoms with Crippen LogP contribution in [0.2, 0.25) is 0 Å². The Hall–Kier alpha value is -4.64. The largest absolute Gasteiger partial charge is 0.496 e. The second kappa shape index (κ2) is 11.7. The van der Waals surface area contributed by atoms with Gasteiger partial charge in [-0.1, -0.05) is 48.0 Å². The number of rotatable bonds is 8. The minimum absolute atomic E-state index is 0.271. The van der Waals surface area contributed by atoms with Crippen molar-refractivity contribution in [3.63, 3.8) is 0 Å². The standard InChI is InChI=1S/C33H26IN3O5/c1-20-11-13-21(14-12-20)19-41-31-25(34)15-22(16-29(31)40-3)18-35-37-32(36-26-8-5-4-7-23(26)33(37)38)30-17-24-27(39-2)9-6-10-28(24)42-30/h4-18H,19H2,1-3H3. The van der Waals surface area contributed by atoms with Crippen molar-refractivity contribution in [1.82, 2.24) is 9.66 Å². The van der Waals surface area contributed by atoms with Crippen LogP contribution in [0.5, 0.6) is 17.2 Å². The topological polar surface area (TPSA) is 88.1 Å². The highest BCUT2D eigenvalue weighted by Gasteiger charge is 2.18. The zero-order valence-corrected chi connectivity index (χ0v) is 25.3. The fourth-order valence-corrected chi connectivity index (χ4v) is 5.41. The summed E-state index contributed by atoms with van der Waals surface area (Å²) >= 11 is 2.21. The molecule has 0 amide bonds. The van der Waals surface area contributed by atoms with Gasteiger partial charge in [-0.2, -0.15) is 9.78 Å². The van der Waals surface area contributed by atoms with Gasteiger partial charge in [0.05, 0.1) is 40.3 Å². The van der Waals surface area contributed by atoms with Crippen LogP contribution in [0, 0.1) is 10.5 Å². The number of hydrogen-bond acceptors (Lipinski definition) is 7. The summed E-state index contributed by atoms with van der Waals surface area (Å²) in [4.78, 5) is 18.4. The van der Waals surface area contributed by atoms with E-state index in [4.69, 9.17) is 23.6 Å². The molecule has 9 heteroatoms. The number of para-hydroxylation sites is 1. The van der Waals surface area contributed by atoms with E-state index in [1.165, 1.54) is 10.2 Å². The van der Waals surface area contributed by atoms with E-state index in [0.717, 1.165) is 20.1 Å². The Morgan fingerprint density at radius 2 is 1.71 bits per heavy atom. The van der Waals surface area contributed by atoms with Crippen molar-refractivity contribution in [2.24, 2.45) is 5.10 Å². The van der Waals surface area contributed by atoms with E-state index >= 15 is 0 Å². The number of ether oxygens (including phenoxy) is 3. The summed E-state index contributed by atoms with van der Waals surface area (Å²) in [6.45, 7) is 2.46. The Morgan fingerprint density at radius 3 is 2.50 bits per heavy atom. The van der Waals surface area contributed by atoms with Crippen molar-refractivity contribution < 1.29 is 18.6 Å². The number of aromatic nitrogens is 2. The van der Waals surface area contributed by atoms with Crippen LogP contribution in [0.25, 0.3) is 33.5 Å². The molecule has 8 nitrogen and oxygen atoms in total. The van der Waals surface area contributed by atoms with E-state index in [1.807, 2.05) is 54.6 Å². The number of hydrogen-bond donors (Lipinski definition) is 0. The number of nitrogens with zero attached hydrogens (tertiary/aromatic N) is 3. The van der Waals surface area contributed by atoms with Crippen molar-refractivity contribution in [3.8, 4) is 28.8 Å². The summed E-state index contributed by atoms with van der Waals surface area (Å²) in [6.07, 6.45) is 1.60. The fourth-order valence-electron chi connectivity index (χ4n) is 4.63. The first-order valence-electron chi connectivity index (χ1n) is 13.1. The summed E-state index contributed by atoms with van der Waals surface area (Å²) in [7, 11) is 3.20. The molecule has 0 aliphatic carbocycles. The summed E-state index contributed by atoms with van der Waals surface area (Å²) in [5.41, 5.74) is 3.81. The summed E-state index contributed by atoms with van der Waals surface area (Å²) in [5.74, 6) is 2.52. The normalized spacial score (nSPS) is 11.4. The monoisotopic (exact) mass is 671 g/mol. The number of furan rings is 1. The molecule has 0 unspecified atom stereocenters. The number of halogens is 1. The van der Waals surface area contributed by atoms with Crippen LogP contribution in [-0.4, -0.2) is 30.1 Å². The first-order valence-corrected chi connectivity index (χ1v) is 14.2. The molecule has 0 aliphatic rings. The van der Waals surface area contributed by atoms with Gasteiger partial charge in [0, 0.05) is 0 Å².